The summed E-state index contributed by atoms with van der Waals surface area (Å²) < 4.78 is 26.6. The Balaban J connectivity index is 2.84. The lowest BCUT2D eigenvalue weighted by atomic mass is 9.97. The van der Waals surface area contributed by atoms with Crippen LogP contribution in [0.25, 0.3) is 0 Å². The van der Waals surface area contributed by atoms with Crippen LogP contribution in [-0.4, -0.2) is 27.5 Å². The molecule has 0 aliphatic rings. The first-order chi connectivity index (χ1) is 9.26. The second kappa shape index (κ2) is 7.20. The maximum Gasteiger partial charge on any atom is 0.240 e. The van der Waals surface area contributed by atoms with Gasteiger partial charge < -0.3 is 5.32 Å². The van der Waals surface area contributed by atoms with Crippen molar-refractivity contribution in [1.82, 2.24) is 10.0 Å². The molecular weight excluding hydrogens is 272 g/mol. The quantitative estimate of drug-likeness (QED) is 0.811. The van der Waals surface area contributed by atoms with Crippen molar-refractivity contribution in [3.63, 3.8) is 0 Å². The van der Waals surface area contributed by atoms with Crippen molar-refractivity contribution in [1.29, 1.82) is 0 Å². The van der Waals surface area contributed by atoms with E-state index in [1.165, 1.54) is 0 Å². The third-order valence-corrected chi connectivity index (χ3v) is 4.93. The Morgan fingerprint density at radius 3 is 2.00 bits per heavy atom. The normalized spacial score (nSPS) is 13.9. The molecule has 0 amide bonds. The molecule has 1 aromatic carbocycles. The van der Waals surface area contributed by atoms with Gasteiger partial charge >= 0.3 is 0 Å². The highest BCUT2D eigenvalue weighted by molar-refractivity contribution is 7.89. The number of sulfonamides is 1. The van der Waals surface area contributed by atoms with E-state index in [9.17, 15) is 8.42 Å². The SMILES string of the molecule is CNC(Cc1ccc(S(=O)(=O)NC(C)C)cc1)C(C)C. The zero-order chi connectivity index (χ0) is 15.3. The topological polar surface area (TPSA) is 58.2 Å². The van der Waals surface area contributed by atoms with Crippen LogP contribution in [0.4, 0.5) is 0 Å². The third kappa shape index (κ3) is 4.89. The number of hydrogen-bond donors (Lipinski definition) is 2. The predicted molar refractivity (Wildman–Crippen MR) is 83.3 cm³/mol. The first-order valence-electron chi connectivity index (χ1n) is 7.04. The van der Waals surface area contributed by atoms with Gasteiger partial charge in [0.1, 0.15) is 0 Å². The smallest absolute Gasteiger partial charge is 0.240 e. The van der Waals surface area contributed by atoms with Gasteiger partial charge in [-0.15, -0.1) is 0 Å². The van der Waals surface area contributed by atoms with Gasteiger partial charge in [0.15, 0.2) is 0 Å². The average molecular weight is 298 g/mol. The highest BCUT2D eigenvalue weighted by Gasteiger charge is 2.16. The van der Waals surface area contributed by atoms with Crippen LogP contribution in [0.1, 0.15) is 33.3 Å². The van der Waals surface area contributed by atoms with Crippen molar-refractivity contribution in [2.24, 2.45) is 5.92 Å². The van der Waals surface area contributed by atoms with Gasteiger partial charge in [-0.05, 0) is 50.9 Å². The van der Waals surface area contributed by atoms with Crippen LogP contribution in [0, 0.1) is 5.92 Å². The number of likely N-dealkylation sites (N-methyl/N-ethyl adjacent to an activating group) is 1. The summed E-state index contributed by atoms with van der Waals surface area (Å²) in [5, 5.41) is 3.29. The Bertz CT molecular complexity index is 507. The van der Waals surface area contributed by atoms with Gasteiger partial charge in [0, 0.05) is 12.1 Å². The van der Waals surface area contributed by atoms with E-state index in [1.807, 2.05) is 33.0 Å². The predicted octanol–water partition coefficient (Wildman–Crippen LogP) is 2.16. The van der Waals surface area contributed by atoms with Crippen LogP contribution < -0.4 is 10.0 Å². The summed E-state index contributed by atoms with van der Waals surface area (Å²) in [4.78, 5) is 0.320. The van der Waals surface area contributed by atoms with Gasteiger partial charge in [-0.2, -0.15) is 0 Å². The zero-order valence-electron chi connectivity index (χ0n) is 13.0. The monoisotopic (exact) mass is 298 g/mol. The van der Waals surface area contributed by atoms with Gasteiger partial charge in [0.25, 0.3) is 0 Å². The summed E-state index contributed by atoms with van der Waals surface area (Å²) in [6.07, 6.45) is 0.895. The highest BCUT2D eigenvalue weighted by Crippen LogP contribution is 2.14. The minimum absolute atomic E-state index is 0.103. The average Bonchev–Trinajstić information content (AvgIpc) is 2.34. The van der Waals surface area contributed by atoms with Crippen molar-refractivity contribution < 1.29 is 8.42 Å². The van der Waals surface area contributed by atoms with Crippen molar-refractivity contribution in [3.8, 4) is 0 Å². The minimum Gasteiger partial charge on any atom is -0.316 e. The van der Waals surface area contributed by atoms with Gasteiger partial charge in [-0.1, -0.05) is 26.0 Å². The molecule has 4 nitrogen and oxygen atoms in total. The first kappa shape index (κ1) is 17.1. The summed E-state index contributed by atoms with van der Waals surface area (Å²) in [7, 11) is -1.44. The van der Waals surface area contributed by atoms with Crippen LogP contribution in [0.15, 0.2) is 29.2 Å². The second-order valence-electron chi connectivity index (χ2n) is 5.76. The molecule has 0 saturated heterocycles. The summed E-state index contributed by atoms with van der Waals surface area (Å²) in [6.45, 7) is 7.97. The molecule has 0 saturated carbocycles. The van der Waals surface area contributed by atoms with Crippen molar-refractivity contribution in [3.05, 3.63) is 29.8 Å². The van der Waals surface area contributed by atoms with E-state index in [2.05, 4.69) is 23.9 Å². The largest absolute Gasteiger partial charge is 0.316 e. The van der Waals surface area contributed by atoms with E-state index in [0.717, 1.165) is 12.0 Å². The van der Waals surface area contributed by atoms with Crippen LogP contribution in [-0.2, 0) is 16.4 Å². The lowest BCUT2D eigenvalue weighted by Crippen LogP contribution is -2.32. The van der Waals surface area contributed by atoms with E-state index >= 15 is 0 Å². The molecule has 0 aliphatic heterocycles. The maximum atomic E-state index is 12.0. The Morgan fingerprint density at radius 1 is 1.05 bits per heavy atom. The van der Waals surface area contributed by atoms with Gasteiger partial charge in [-0.3, -0.25) is 0 Å². The van der Waals surface area contributed by atoms with E-state index in [-0.39, 0.29) is 6.04 Å². The summed E-state index contributed by atoms with van der Waals surface area (Å²) in [5.41, 5.74) is 1.14. The first-order valence-corrected chi connectivity index (χ1v) is 8.53. The molecule has 1 unspecified atom stereocenters. The molecule has 1 atom stereocenters. The van der Waals surface area contributed by atoms with E-state index in [0.29, 0.717) is 16.9 Å². The van der Waals surface area contributed by atoms with Gasteiger partial charge in [-0.25, -0.2) is 13.1 Å². The van der Waals surface area contributed by atoms with Crippen molar-refractivity contribution in [2.45, 2.75) is 51.1 Å². The van der Waals surface area contributed by atoms with E-state index < -0.39 is 10.0 Å². The molecule has 1 rings (SSSR count). The second-order valence-corrected chi connectivity index (χ2v) is 7.48. The molecule has 2 N–H and O–H groups in total. The third-order valence-electron chi connectivity index (χ3n) is 3.26. The fourth-order valence-corrected chi connectivity index (χ4v) is 3.36. The number of benzene rings is 1. The molecule has 0 spiro atoms. The molecule has 20 heavy (non-hydrogen) atoms. The molecule has 0 bridgehead atoms. The molecular formula is C15H26N2O2S. The molecule has 0 heterocycles. The van der Waals surface area contributed by atoms with Crippen molar-refractivity contribution >= 4 is 10.0 Å². The van der Waals surface area contributed by atoms with Crippen LogP contribution in [0.3, 0.4) is 0 Å². The molecule has 1 aromatic rings. The van der Waals surface area contributed by atoms with Crippen molar-refractivity contribution in [2.75, 3.05) is 7.05 Å². The molecule has 0 radical (unpaired) electrons. The summed E-state index contributed by atoms with van der Waals surface area (Å²) >= 11 is 0. The summed E-state index contributed by atoms with van der Waals surface area (Å²) in [5.74, 6) is 0.533. The minimum atomic E-state index is -3.39. The van der Waals surface area contributed by atoms with Crippen LogP contribution >= 0.6 is 0 Å². The van der Waals surface area contributed by atoms with E-state index in [1.54, 1.807) is 12.1 Å². The molecule has 5 heteroatoms. The number of nitrogens with one attached hydrogen (secondary N) is 2. The maximum absolute atomic E-state index is 12.0. The Labute approximate surface area is 123 Å². The Hall–Kier alpha value is -0.910. The zero-order valence-corrected chi connectivity index (χ0v) is 13.8. The number of rotatable bonds is 7. The summed E-state index contributed by atoms with van der Waals surface area (Å²) in [6, 6.07) is 7.42. The Kier molecular flexibility index (Phi) is 6.17. The lowest BCUT2D eigenvalue weighted by molar-refractivity contribution is 0.424. The Morgan fingerprint density at radius 2 is 1.60 bits per heavy atom. The van der Waals surface area contributed by atoms with E-state index in [4.69, 9.17) is 0 Å². The van der Waals surface area contributed by atoms with Gasteiger partial charge in [0.05, 0.1) is 4.90 Å². The highest BCUT2D eigenvalue weighted by atomic mass is 32.2. The fraction of sp³-hybridized carbons (Fsp3) is 0.600. The molecule has 0 fully saturated rings. The van der Waals surface area contributed by atoms with Crippen LogP contribution in [0.2, 0.25) is 0 Å². The fourth-order valence-electron chi connectivity index (χ4n) is 2.11. The lowest BCUT2D eigenvalue weighted by Gasteiger charge is -2.20. The standard InChI is InChI=1S/C15H26N2O2S/c1-11(2)15(16-5)10-13-6-8-14(9-7-13)20(18,19)17-12(3)4/h6-9,11-12,15-17H,10H2,1-5H3. The molecule has 0 aromatic heterocycles. The van der Waals surface area contributed by atoms with Gasteiger partial charge in [0.2, 0.25) is 10.0 Å². The molecule has 0 aliphatic carbocycles. The molecule has 114 valence electrons. The van der Waals surface area contributed by atoms with Crippen LogP contribution in [0.5, 0.6) is 0 Å². The number of hydrogen-bond acceptors (Lipinski definition) is 3.